The lowest BCUT2D eigenvalue weighted by Gasteiger charge is -2.25. The molecule has 19 heavy (non-hydrogen) atoms. The highest BCUT2D eigenvalue weighted by Gasteiger charge is 2.24. The Kier molecular flexibility index (Phi) is 7.33. The van der Waals surface area contributed by atoms with Crippen LogP contribution in [0.4, 0.5) is 0 Å². The maximum absolute atomic E-state index is 12.0. The van der Waals surface area contributed by atoms with Crippen molar-refractivity contribution in [3.63, 3.8) is 0 Å². The van der Waals surface area contributed by atoms with Gasteiger partial charge in [0.2, 0.25) is 15.9 Å². The van der Waals surface area contributed by atoms with Crippen LogP contribution < -0.4 is 5.32 Å². The fourth-order valence-electron chi connectivity index (χ4n) is 2.03. The van der Waals surface area contributed by atoms with Crippen LogP contribution in [0.3, 0.4) is 0 Å². The number of sulfonamides is 1. The van der Waals surface area contributed by atoms with Crippen molar-refractivity contribution >= 4 is 15.9 Å². The minimum atomic E-state index is -3.27. The van der Waals surface area contributed by atoms with Crippen LogP contribution >= 0.6 is 0 Å². The van der Waals surface area contributed by atoms with Gasteiger partial charge in [0.25, 0.3) is 0 Å². The van der Waals surface area contributed by atoms with Gasteiger partial charge in [-0.05, 0) is 19.3 Å². The molecule has 1 fully saturated rings. The third kappa shape index (κ3) is 6.35. The highest BCUT2D eigenvalue weighted by atomic mass is 32.2. The van der Waals surface area contributed by atoms with Crippen LogP contribution in [-0.2, 0) is 19.6 Å². The van der Waals surface area contributed by atoms with Crippen molar-refractivity contribution in [2.75, 3.05) is 39.1 Å². The molecule has 0 atom stereocenters. The number of ether oxygens (including phenoxy) is 1. The first kappa shape index (κ1) is 16.4. The van der Waals surface area contributed by atoms with E-state index in [2.05, 4.69) is 5.32 Å². The third-order valence-corrected chi connectivity index (χ3v) is 5.01. The number of nitrogens with one attached hydrogen (secondary N) is 1. The van der Waals surface area contributed by atoms with Gasteiger partial charge in [-0.15, -0.1) is 0 Å². The number of piperidine rings is 1. The molecule has 1 aliphatic rings. The molecule has 0 saturated carbocycles. The van der Waals surface area contributed by atoms with Crippen molar-refractivity contribution in [2.45, 2.75) is 32.1 Å². The predicted molar refractivity (Wildman–Crippen MR) is 73.3 cm³/mol. The number of methoxy groups -OCH3 is 1. The molecule has 1 amide bonds. The van der Waals surface area contributed by atoms with Gasteiger partial charge >= 0.3 is 0 Å². The zero-order valence-electron chi connectivity index (χ0n) is 11.6. The van der Waals surface area contributed by atoms with E-state index in [1.54, 1.807) is 7.11 Å². The van der Waals surface area contributed by atoms with Crippen LogP contribution in [0.2, 0.25) is 0 Å². The van der Waals surface area contributed by atoms with E-state index in [-0.39, 0.29) is 18.1 Å². The standard InChI is InChI=1S/C12H24N2O4S/c1-18-10-5-7-13-12(15)6-11-19(16,17)14-8-3-2-4-9-14/h2-11H2,1H3,(H,13,15). The molecule has 7 heteroatoms. The highest BCUT2D eigenvalue weighted by Crippen LogP contribution is 2.13. The van der Waals surface area contributed by atoms with Gasteiger partial charge in [0.1, 0.15) is 0 Å². The molecular formula is C12H24N2O4S. The average Bonchev–Trinajstić information content (AvgIpc) is 2.42. The molecule has 1 N–H and O–H groups in total. The smallest absolute Gasteiger partial charge is 0.221 e. The molecule has 0 unspecified atom stereocenters. The van der Waals surface area contributed by atoms with Gasteiger partial charge in [-0.25, -0.2) is 12.7 Å². The average molecular weight is 292 g/mol. The van der Waals surface area contributed by atoms with E-state index in [0.29, 0.717) is 26.2 Å². The molecule has 0 aromatic heterocycles. The third-order valence-electron chi connectivity index (χ3n) is 3.14. The maximum atomic E-state index is 12.0. The van der Waals surface area contributed by atoms with Gasteiger partial charge in [-0.1, -0.05) is 6.42 Å². The largest absolute Gasteiger partial charge is 0.385 e. The lowest BCUT2D eigenvalue weighted by Crippen LogP contribution is -2.38. The molecule has 112 valence electrons. The molecule has 6 nitrogen and oxygen atoms in total. The summed E-state index contributed by atoms with van der Waals surface area (Å²) in [6, 6.07) is 0. The van der Waals surface area contributed by atoms with Crippen molar-refractivity contribution in [3.05, 3.63) is 0 Å². The number of carbonyl (C=O) groups excluding carboxylic acids is 1. The molecule has 1 saturated heterocycles. The van der Waals surface area contributed by atoms with Gasteiger partial charge in [0.05, 0.1) is 5.75 Å². The fourth-order valence-corrected chi connectivity index (χ4v) is 3.54. The SMILES string of the molecule is COCCCNC(=O)CCS(=O)(=O)N1CCCCC1. The Balaban J connectivity index is 2.24. The summed E-state index contributed by atoms with van der Waals surface area (Å²) in [5.74, 6) is -0.306. The van der Waals surface area contributed by atoms with E-state index >= 15 is 0 Å². The lowest BCUT2D eigenvalue weighted by atomic mass is 10.2. The van der Waals surface area contributed by atoms with Crippen LogP contribution in [0.25, 0.3) is 0 Å². The van der Waals surface area contributed by atoms with Crippen LogP contribution in [0.15, 0.2) is 0 Å². The van der Waals surface area contributed by atoms with E-state index < -0.39 is 10.0 Å². The van der Waals surface area contributed by atoms with Crippen molar-refractivity contribution in [1.29, 1.82) is 0 Å². The molecule has 0 spiro atoms. The number of carbonyl (C=O) groups is 1. The van der Waals surface area contributed by atoms with E-state index in [9.17, 15) is 13.2 Å². The van der Waals surface area contributed by atoms with Crippen LogP contribution in [0, 0.1) is 0 Å². The first-order chi connectivity index (χ1) is 9.06. The first-order valence-corrected chi connectivity index (χ1v) is 8.40. The summed E-state index contributed by atoms with van der Waals surface area (Å²) in [6.07, 6.45) is 3.70. The van der Waals surface area contributed by atoms with Gasteiger partial charge in [0.15, 0.2) is 0 Å². The normalized spacial score (nSPS) is 17.3. The van der Waals surface area contributed by atoms with E-state index in [1.807, 2.05) is 0 Å². The van der Waals surface area contributed by atoms with E-state index in [4.69, 9.17) is 4.74 Å². The maximum Gasteiger partial charge on any atom is 0.221 e. The predicted octanol–water partition coefficient (Wildman–Crippen LogP) is 0.345. The number of hydrogen-bond donors (Lipinski definition) is 1. The zero-order chi connectivity index (χ0) is 14.1. The Morgan fingerprint density at radius 3 is 2.58 bits per heavy atom. The zero-order valence-corrected chi connectivity index (χ0v) is 12.4. The monoisotopic (exact) mass is 292 g/mol. The van der Waals surface area contributed by atoms with Gasteiger partial charge in [-0.3, -0.25) is 4.79 Å². The Morgan fingerprint density at radius 1 is 1.26 bits per heavy atom. The van der Waals surface area contributed by atoms with Crippen molar-refractivity contribution < 1.29 is 17.9 Å². The van der Waals surface area contributed by atoms with Crippen molar-refractivity contribution in [2.24, 2.45) is 0 Å². The molecule has 0 radical (unpaired) electrons. The summed E-state index contributed by atoms with van der Waals surface area (Å²) in [6.45, 7) is 2.30. The first-order valence-electron chi connectivity index (χ1n) is 6.80. The minimum Gasteiger partial charge on any atom is -0.385 e. The summed E-state index contributed by atoms with van der Waals surface area (Å²) in [5.41, 5.74) is 0. The Bertz CT molecular complexity index is 364. The summed E-state index contributed by atoms with van der Waals surface area (Å²) in [5, 5.41) is 2.69. The number of rotatable bonds is 8. The second-order valence-corrected chi connectivity index (χ2v) is 6.81. The quantitative estimate of drug-likeness (QED) is 0.655. The molecule has 1 heterocycles. The number of amides is 1. The van der Waals surface area contributed by atoms with Crippen LogP contribution in [0.1, 0.15) is 32.1 Å². The Hall–Kier alpha value is -0.660. The molecule has 1 aliphatic heterocycles. The summed E-state index contributed by atoms with van der Waals surface area (Å²) >= 11 is 0. The fraction of sp³-hybridized carbons (Fsp3) is 0.917. The topological polar surface area (TPSA) is 75.7 Å². The summed E-state index contributed by atoms with van der Waals surface area (Å²) in [4.78, 5) is 11.5. The van der Waals surface area contributed by atoms with Crippen molar-refractivity contribution in [3.8, 4) is 0 Å². The second kappa shape index (κ2) is 8.50. The molecule has 0 bridgehead atoms. The molecule has 0 aliphatic carbocycles. The van der Waals surface area contributed by atoms with Crippen LogP contribution in [-0.4, -0.2) is 57.7 Å². The summed E-state index contributed by atoms with van der Waals surface area (Å²) in [7, 11) is -1.66. The lowest BCUT2D eigenvalue weighted by molar-refractivity contribution is -0.120. The summed E-state index contributed by atoms with van der Waals surface area (Å²) < 4.78 is 30.4. The van der Waals surface area contributed by atoms with E-state index in [1.165, 1.54) is 4.31 Å². The molecular weight excluding hydrogens is 268 g/mol. The molecule has 0 aromatic rings. The van der Waals surface area contributed by atoms with Gasteiger partial charge in [0, 0.05) is 39.8 Å². The van der Waals surface area contributed by atoms with Crippen molar-refractivity contribution in [1.82, 2.24) is 9.62 Å². The molecule has 1 rings (SSSR count). The second-order valence-electron chi connectivity index (χ2n) is 4.72. The van der Waals surface area contributed by atoms with Crippen LogP contribution in [0.5, 0.6) is 0 Å². The molecule has 0 aromatic carbocycles. The Morgan fingerprint density at radius 2 is 1.95 bits per heavy atom. The number of hydrogen-bond acceptors (Lipinski definition) is 4. The number of nitrogens with zero attached hydrogens (tertiary/aromatic N) is 1. The van der Waals surface area contributed by atoms with Gasteiger partial charge < -0.3 is 10.1 Å². The highest BCUT2D eigenvalue weighted by molar-refractivity contribution is 7.89. The Labute approximate surface area is 115 Å². The minimum absolute atomic E-state index is 0.0335. The van der Waals surface area contributed by atoms with E-state index in [0.717, 1.165) is 25.7 Å². The van der Waals surface area contributed by atoms with Gasteiger partial charge in [-0.2, -0.15) is 0 Å².